The van der Waals surface area contributed by atoms with Crippen LogP contribution in [0.15, 0.2) is 42.5 Å². The van der Waals surface area contributed by atoms with E-state index in [0.29, 0.717) is 17.1 Å². The first-order valence-electron chi connectivity index (χ1n) is 8.72. The van der Waals surface area contributed by atoms with Crippen LogP contribution in [0.25, 0.3) is 0 Å². The van der Waals surface area contributed by atoms with E-state index >= 15 is 0 Å². The van der Waals surface area contributed by atoms with Crippen molar-refractivity contribution in [2.75, 3.05) is 34.9 Å². The van der Waals surface area contributed by atoms with Gasteiger partial charge in [0.05, 0.1) is 27.2 Å². The molecule has 0 saturated carbocycles. The molecule has 6 heteroatoms. The fraction of sp³-hybridized carbons (Fsp3) is 0.273. The number of nitrogens with zero attached hydrogens (tertiary/aromatic N) is 1. The first-order valence-corrected chi connectivity index (χ1v) is 8.72. The third-order valence-corrected chi connectivity index (χ3v) is 3.96. The fourth-order valence-electron chi connectivity index (χ4n) is 2.48. The second-order valence-electron chi connectivity index (χ2n) is 6.22. The largest absolute Gasteiger partial charge is 0.493 e. The van der Waals surface area contributed by atoms with Gasteiger partial charge in [-0.05, 0) is 42.0 Å². The molecule has 2 aromatic carbocycles. The van der Waals surface area contributed by atoms with E-state index in [1.54, 1.807) is 64.7 Å². The van der Waals surface area contributed by atoms with Crippen molar-refractivity contribution < 1.29 is 19.1 Å². The second kappa shape index (κ2) is 10.0. The predicted molar refractivity (Wildman–Crippen MR) is 108 cm³/mol. The van der Waals surface area contributed by atoms with Crippen molar-refractivity contribution in [3.8, 4) is 23.3 Å². The molecule has 0 aliphatic rings. The van der Waals surface area contributed by atoms with Crippen LogP contribution in [0.5, 0.6) is 11.5 Å². The Morgan fingerprint density at radius 3 is 2.29 bits per heavy atom. The highest BCUT2D eigenvalue weighted by atomic mass is 16.5. The molecule has 0 heterocycles. The molecule has 1 N–H and O–H groups in total. The van der Waals surface area contributed by atoms with Crippen molar-refractivity contribution in [3.05, 3.63) is 59.2 Å². The SMILES string of the molecule is COc1ccc(CC(=O)NCC#Cc2ccc(C(=O)N(C)C)cc2)cc1OC. The zero-order chi connectivity index (χ0) is 20.5. The van der Waals surface area contributed by atoms with Crippen LogP contribution in [-0.2, 0) is 11.2 Å². The van der Waals surface area contributed by atoms with Gasteiger partial charge in [0.2, 0.25) is 5.91 Å². The summed E-state index contributed by atoms with van der Waals surface area (Å²) in [6.45, 7) is 0.241. The van der Waals surface area contributed by atoms with Crippen molar-refractivity contribution in [2.24, 2.45) is 0 Å². The van der Waals surface area contributed by atoms with Crippen LogP contribution in [0.1, 0.15) is 21.5 Å². The lowest BCUT2D eigenvalue weighted by molar-refractivity contribution is -0.120. The number of rotatable bonds is 6. The standard InChI is InChI=1S/C22H24N2O4/c1-24(2)22(26)18-10-7-16(8-11-18)6-5-13-23-21(25)15-17-9-12-19(27-3)20(14-17)28-4/h7-12,14H,13,15H2,1-4H3,(H,23,25). The molecule has 146 valence electrons. The van der Waals surface area contributed by atoms with Gasteiger partial charge in [-0.1, -0.05) is 17.9 Å². The lowest BCUT2D eigenvalue weighted by Crippen LogP contribution is -2.25. The number of nitrogens with one attached hydrogen (secondary N) is 1. The minimum Gasteiger partial charge on any atom is -0.493 e. The predicted octanol–water partition coefficient (Wildman–Crippen LogP) is 2.12. The number of amides is 2. The molecule has 0 saturated heterocycles. The van der Waals surface area contributed by atoms with Gasteiger partial charge in [0.15, 0.2) is 11.5 Å². The van der Waals surface area contributed by atoms with E-state index in [0.717, 1.165) is 11.1 Å². The molecule has 2 amide bonds. The lowest BCUT2D eigenvalue weighted by Gasteiger charge is -2.09. The van der Waals surface area contributed by atoms with Crippen LogP contribution in [0, 0.1) is 11.8 Å². The quantitative estimate of drug-likeness (QED) is 0.780. The van der Waals surface area contributed by atoms with E-state index in [2.05, 4.69) is 17.2 Å². The van der Waals surface area contributed by atoms with E-state index in [4.69, 9.17) is 9.47 Å². The molecule has 6 nitrogen and oxygen atoms in total. The summed E-state index contributed by atoms with van der Waals surface area (Å²) in [4.78, 5) is 25.4. The van der Waals surface area contributed by atoms with E-state index in [1.165, 1.54) is 4.90 Å². The molecule has 0 aromatic heterocycles. The van der Waals surface area contributed by atoms with Crippen molar-refractivity contribution in [1.82, 2.24) is 10.2 Å². The minimum atomic E-state index is -0.131. The van der Waals surface area contributed by atoms with Gasteiger partial charge in [-0.15, -0.1) is 0 Å². The number of methoxy groups -OCH3 is 2. The molecule has 0 bridgehead atoms. The number of carbonyl (C=O) groups is 2. The molecule has 0 spiro atoms. The van der Waals surface area contributed by atoms with Gasteiger partial charge in [0.1, 0.15) is 0 Å². The van der Waals surface area contributed by atoms with Gasteiger partial charge < -0.3 is 19.7 Å². The average molecular weight is 380 g/mol. The summed E-state index contributed by atoms with van der Waals surface area (Å²) in [5.41, 5.74) is 2.22. The summed E-state index contributed by atoms with van der Waals surface area (Å²) in [5, 5.41) is 2.77. The molecule has 28 heavy (non-hydrogen) atoms. The molecule has 2 rings (SSSR count). The number of hydrogen-bond donors (Lipinski definition) is 1. The van der Waals surface area contributed by atoms with E-state index < -0.39 is 0 Å². The van der Waals surface area contributed by atoms with E-state index in [9.17, 15) is 9.59 Å². The summed E-state index contributed by atoms with van der Waals surface area (Å²) in [5.74, 6) is 6.90. The molecule has 2 aromatic rings. The third-order valence-electron chi connectivity index (χ3n) is 3.96. The lowest BCUT2D eigenvalue weighted by atomic mass is 10.1. The number of benzene rings is 2. The zero-order valence-corrected chi connectivity index (χ0v) is 16.5. The summed E-state index contributed by atoms with van der Waals surface area (Å²) >= 11 is 0. The zero-order valence-electron chi connectivity index (χ0n) is 16.5. The third kappa shape index (κ3) is 5.78. The molecule has 0 aliphatic heterocycles. The van der Waals surface area contributed by atoms with Crippen LogP contribution >= 0.6 is 0 Å². The minimum absolute atomic E-state index is 0.0538. The number of hydrogen-bond acceptors (Lipinski definition) is 4. The number of carbonyl (C=O) groups excluding carboxylic acids is 2. The van der Waals surface area contributed by atoms with Crippen molar-refractivity contribution in [3.63, 3.8) is 0 Å². The maximum Gasteiger partial charge on any atom is 0.253 e. The smallest absolute Gasteiger partial charge is 0.253 e. The van der Waals surface area contributed by atoms with E-state index in [-0.39, 0.29) is 24.8 Å². The van der Waals surface area contributed by atoms with Crippen LogP contribution in [0.3, 0.4) is 0 Å². The maximum atomic E-state index is 12.1. The Morgan fingerprint density at radius 1 is 1.00 bits per heavy atom. The highest BCUT2D eigenvalue weighted by molar-refractivity contribution is 5.93. The highest BCUT2D eigenvalue weighted by Crippen LogP contribution is 2.27. The van der Waals surface area contributed by atoms with Gasteiger partial charge in [0, 0.05) is 25.2 Å². The van der Waals surface area contributed by atoms with Crippen LogP contribution in [0.4, 0.5) is 0 Å². The fourth-order valence-corrected chi connectivity index (χ4v) is 2.48. The summed E-state index contributed by atoms with van der Waals surface area (Å²) in [6.07, 6.45) is 0.226. The Morgan fingerprint density at radius 2 is 1.68 bits per heavy atom. The summed E-state index contributed by atoms with van der Waals surface area (Å²) < 4.78 is 10.4. The van der Waals surface area contributed by atoms with Crippen molar-refractivity contribution in [1.29, 1.82) is 0 Å². The first kappa shape index (κ1) is 20.8. The summed E-state index contributed by atoms with van der Waals surface area (Å²) in [7, 11) is 6.54. The maximum absolute atomic E-state index is 12.1. The van der Waals surface area contributed by atoms with Crippen LogP contribution in [-0.4, -0.2) is 51.6 Å². The molecular formula is C22H24N2O4. The van der Waals surface area contributed by atoms with Crippen molar-refractivity contribution in [2.45, 2.75) is 6.42 Å². The Balaban J connectivity index is 1.87. The van der Waals surface area contributed by atoms with Gasteiger partial charge in [-0.25, -0.2) is 0 Å². The van der Waals surface area contributed by atoms with Crippen LogP contribution in [0.2, 0.25) is 0 Å². The normalized spacial score (nSPS) is 9.71. The molecule has 0 unspecified atom stereocenters. The van der Waals surface area contributed by atoms with Crippen molar-refractivity contribution >= 4 is 11.8 Å². The monoisotopic (exact) mass is 380 g/mol. The van der Waals surface area contributed by atoms with E-state index in [1.807, 2.05) is 6.07 Å². The first-order chi connectivity index (χ1) is 13.4. The Bertz CT molecular complexity index is 893. The molecule has 0 aliphatic carbocycles. The average Bonchev–Trinajstić information content (AvgIpc) is 2.70. The van der Waals surface area contributed by atoms with Gasteiger partial charge in [-0.2, -0.15) is 0 Å². The summed E-state index contributed by atoms with van der Waals surface area (Å²) in [6, 6.07) is 12.4. The molecule has 0 atom stereocenters. The Labute approximate surface area is 165 Å². The molecule has 0 fully saturated rings. The van der Waals surface area contributed by atoms with Crippen LogP contribution < -0.4 is 14.8 Å². The number of ether oxygens (including phenoxy) is 2. The molecule has 0 radical (unpaired) electrons. The highest BCUT2D eigenvalue weighted by Gasteiger charge is 2.08. The Kier molecular flexibility index (Phi) is 7.46. The topological polar surface area (TPSA) is 67.9 Å². The van der Waals surface area contributed by atoms with Gasteiger partial charge in [0.25, 0.3) is 5.91 Å². The van der Waals surface area contributed by atoms with Gasteiger partial charge in [-0.3, -0.25) is 9.59 Å². The Hall–Kier alpha value is -3.46. The van der Waals surface area contributed by atoms with Gasteiger partial charge >= 0.3 is 0 Å². The second-order valence-corrected chi connectivity index (χ2v) is 6.22. The molecular weight excluding hydrogens is 356 g/mol.